The normalized spacial score (nSPS) is 25.2. The van der Waals surface area contributed by atoms with Crippen LogP contribution >= 0.6 is 0 Å². The van der Waals surface area contributed by atoms with E-state index in [-0.39, 0.29) is 12.0 Å². The fourth-order valence-corrected chi connectivity index (χ4v) is 3.35. The SMILES string of the molecule is CC(O)CCC(=O)N1CCC2(CCCC2)CC1. The maximum Gasteiger partial charge on any atom is 0.222 e. The van der Waals surface area contributed by atoms with E-state index in [1.165, 1.54) is 38.5 Å². The average Bonchev–Trinajstić information content (AvgIpc) is 2.75. The molecule has 1 saturated heterocycles. The number of rotatable bonds is 3. The van der Waals surface area contributed by atoms with Gasteiger partial charge in [0, 0.05) is 19.5 Å². The van der Waals surface area contributed by atoms with Gasteiger partial charge in [0.1, 0.15) is 0 Å². The summed E-state index contributed by atoms with van der Waals surface area (Å²) in [6.07, 6.45) is 8.67. The summed E-state index contributed by atoms with van der Waals surface area (Å²) in [5.41, 5.74) is 0.584. The van der Waals surface area contributed by atoms with Gasteiger partial charge >= 0.3 is 0 Å². The number of nitrogens with zero attached hydrogens (tertiary/aromatic N) is 1. The highest BCUT2D eigenvalue weighted by Gasteiger charge is 2.37. The first-order valence-electron chi connectivity index (χ1n) is 7.07. The molecule has 1 saturated carbocycles. The average molecular weight is 239 g/mol. The quantitative estimate of drug-likeness (QED) is 0.821. The predicted octanol–water partition coefficient (Wildman–Crippen LogP) is 2.33. The first kappa shape index (κ1) is 12.9. The van der Waals surface area contributed by atoms with Crippen LogP contribution < -0.4 is 0 Å². The number of carbonyl (C=O) groups is 1. The molecule has 1 aliphatic carbocycles. The highest BCUT2D eigenvalue weighted by atomic mass is 16.3. The van der Waals surface area contributed by atoms with Crippen LogP contribution in [0.2, 0.25) is 0 Å². The molecule has 0 aromatic heterocycles. The second kappa shape index (κ2) is 5.38. The van der Waals surface area contributed by atoms with E-state index in [1.54, 1.807) is 6.92 Å². The highest BCUT2D eigenvalue weighted by Crippen LogP contribution is 2.46. The fraction of sp³-hybridized carbons (Fsp3) is 0.929. The maximum atomic E-state index is 11.9. The lowest BCUT2D eigenvalue weighted by atomic mass is 9.77. The monoisotopic (exact) mass is 239 g/mol. The van der Waals surface area contributed by atoms with Gasteiger partial charge in [0.15, 0.2) is 0 Å². The molecule has 1 aliphatic heterocycles. The van der Waals surface area contributed by atoms with Gasteiger partial charge in [-0.1, -0.05) is 12.8 Å². The summed E-state index contributed by atoms with van der Waals surface area (Å²) in [4.78, 5) is 13.9. The summed E-state index contributed by atoms with van der Waals surface area (Å²) >= 11 is 0. The molecule has 0 aromatic rings. The van der Waals surface area contributed by atoms with Gasteiger partial charge in [-0.05, 0) is 44.4 Å². The number of carbonyl (C=O) groups excluding carboxylic acids is 1. The maximum absolute atomic E-state index is 11.9. The van der Waals surface area contributed by atoms with Gasteiger partial charge in [-0.2, -0.15) is 0 Å². The second-order valence-electron chi connectivity index (χ2n) is 5.98. The summed E-state index contributed by atoms with van der Waals surface area (Å²) < 4.78 is 0. The lowest BCUT2D eigenvalue weighted by Gasteiger charge is -2.39. The Kier molecular flexibility index (Phi) is 4.08. The van der Waals surface area contributed by atoms with E-state index >= 15 is 0 Å². The van der Waals surface area contributed by atoms with Crippen LogP contribution in [0.1, 0.15) is 58.3 Å². The molecule has 2 rings (SSSR count). The van der Waals surface area contributed by atoms with Gasteiger partial charge < -0.3 is 10.0 Å². The van der Waals surface area contributed by atoms with Crippen molar-refractivity contribution in [3.05, 3.63) is 0 Å². The predicted molar refractivity (Wildman–Crippen MR) is 67.6 cm³/mol. The topological polar surface area (TPSA) is 40.5 Å². The molecule has 1 unspecified atom stereocenters. The summed E-state index contributed by atoms with van der Waals surface area (Å²) in [5, 5.41) is 9.20. The number of amides is 1. The van der Waals surface area contributed by atoms with Crippen LogP contribution in [-0.2, 0) is 4.79 Å². The van der Waals surface area contributed by atoms with Crippen LogP contribution in [0.3, 0.4) is 0 Å². The van der Waals surface area contributed by atoms with Gasteiger partial charge in [-0.15, -0.1) is 0 Å². The second-order valence-corrected chi connectivity index (χ2v) is 5.98. The number of aliphatic hydroxyl groups excluding tert-OH is 1. The van der Waals surface area contributed by atoms with Crippen molar-refractivity contribution in [2.75, 3.05) is 13.1 Å². The van der Waals surface area contributed by atoms with Crippen LogP contribution in [0.4, 0.5) is 0 Å². The fourth-order valence-electron chi connectivity index (χ4n) is 3.35. The molecule has 1 atom stereocenters. The summed E-state index contributed by atoms with van der Waals surface area (Å²) in [6, 6.07) is 0. The minimum Gasteiger partial charge on any atom is -0.393 e. The first-order valence-corrected chi connectivity index (χ1v) is 7.07. The van der Waals surface area contributed by atoms with Crippen molar-refractivity contribution in [2.45, 2.75) is 64.4 Å². The largest absolute Gasteiger partial charge is 0.393 e. The van der Waals surface area contributed by atoms with Gasteiger partial charge in [0.2, 0.25) is 5.91 Å². The van der Waals surface area contributed by atoms with E-state index in [4.69, 9.17) is 0 Å². The van der Waals surface area contributed by atoms with Crippen molar-refractivity contribution >= 4 is 5.91 Å². The molecule has 2 aliphatic rings. The minimum absolute atomic E-state index is 0.235. The van der Waals surface area contributed by atoms with Gasteiger partial charge in [0.25, 0.3) is 0 Å². The van der Waals surface area contributed by atoms with Crippen molar-refractivity contribution in [1.29, 1.82) is 0 Å². The molecule has 1 amide bonds. The molecule has 2 fully saturated rings. The molecular formula is C14H25NO2. The summed E-state index contributed by atoms with van der Waals surface area (Å²) in [5.74, 6) is 0.235. The molecule has 1 heterocycles. The molecular weight excluding hydrogens is 214 g/mol. The third-order valence-corrected chi connectivity index (χ3v) is 4.62. The van der Waals surface area contributed by atoms with Crippen LogP contribution in [0.25, 0.3) is 0 Å². The molecule has 98 valence electrons. The zero-order valence-corrected chi connectivity index (χ0v) is 11.0. The van der Waals surface area contributed by atoms with Crippen LogP contribution in [-0.4, -0.2) is 35.1 Å². The molecule has 3 heteroatoms. The zero-order valence-electron chi connectivity index (χ0n) is 11.0. The van der Waals surface area contributed by atoms with Crippen molar-refractivity contribution < 1.29 is 9.90 Å². The molecule has 0 aromatic carbocycles. The standard InChI is InChI=1S/C14H25NO2/c1-12(16)4-5-13(17)15-10-8-14(9-11-15)6-2-3-7-14/h12,16H,2-11H2,1H3. The van der Waals surface area contributed by atoms with Gasteiger partial charge in [-0.3, -0.25) is 4.79 Å². The van der Waals surface area contributed by atoms with Crippen LogP contribution in [0, 0.1) is 5.41 Å². The van der Waals surface area contributed by atoms with E-state index in [2.05, 4.69) is 0 Å². The van der Waals surface area contributed by atoms with E-state index in [1.807, 2.05) is 4.90 Å². The lowest BCUT2D eigenvalue weighted by molar-refractivity contribution is -0.134. The van der Waals surface area contributed by atoms with Crippen LogP contribution in [0.5, 0.6) is 0 Å². The number of likely N-dealkylation sites (tertiary alicyclic amines) is 1. The van der Waals surface area contributed by atoms with Crippen LogP contribution in [0.15, 0.2) is 0 Å². The lowest BCUT2D eigenvalue weighted by Crippen LogP contribution is -2.42. The summed E-state index contributed by atoms with van der Waals surface area (Å²) in [6.45, 7) is 3.63. The third-order valence-electron chi connectivity index (χ3n) is 4.62. The van der Waals surface area contributed by atoms with Crippen molar-refractivity contribution in [1.82, 2.24) is 4.90 Å². The zero-order chi connectivity index (χ0) is 12.3. The third kappa shape index (κ3) is 3.21. The van der Waals surface area contributed by atoms with E-state index in [0.29, 0.717) is 18.3 Å². The number of hydrogen-bond acceptors (Lipinski definition) is 2. The Bertz CT molecular complexity index is 259. The molecule has 17 heavy (non-hydrogen) atoms. The number of piperidine rings is 1. The number of hydrogen-bond donors (Lipinski definition) is 1. The van der Waals surface area contributed by atoms with Gasteiger partial charge in [0.05, 0.1) is 6.10 Å². The Morgan fingerprint density at radius 2 is 1.82 bits per heavy atom. The van der Waals surface area contributed by atoms with E-state index in [0.717, 1.165) is 13.1 Å². The first-order chi connectivity index (χ1) is 8.11. The van der Waals surface area contributed by atoms with Crippen molar-refractivity contribution in [2.24, 2.45) is 5.41 Å². The van der Waals surface area contributed by atoms with E-state index < -0.39 is 0 Å². The number of aliphatic hydroxyl groups is 1. The molecule has 0 radical (unpaired) electrons. The molecule has 1 spiro atoms. The Hall–Kier alpha value is -0.570. The molecule has 0 bridgehead atoms. The minimum atomic E-state index is -0.357. The molecule has 1 N–H and O–H groups in total. The van der Waals surface area contributed by atoms with E-state index in [9.17, 15) is 9.90 Å². The Labute approximate surface area is 104 Å². The highest BCUT2D eigenvalue weighted by molar-refractivity contribution is 5.76. The smallest absolute Gasteiger partial charge is 0.222 e. The summed E-state index contributed by atoms with van der Waals surface area (Å²) in [7, 11) is 0. The van der Waals surface area contributed by atoms with Crippen molar-refractivity contribution in [3.63, 3.8) is 0 Å². The Morgan fingerprint density at radius 3 is 2.35 bits per heavy atom. The van der Waals surface area contributed by atoms with Gasteiger partial charge in [-0.25, -0.2) is 0 Å². The molecule has 3 nitrogen and oxygen atoms in total. The van der Waals surface area contributed by atoms with Crippen molar-refractivity contribution in [3.8, 4) is 0 Å². The Balaban J connectivity index is 1.76. The Morgan fingerprint density at radius 1 is 1.24 bits per heavy atom.